The van der Waals surface area contributed by atoms with E-state index in [9.17, 15) is 0 Å². The average molecular weight is 202 g/mol. The van der Waals surface area contributed by atoms with Crippen LogP contribution in [0.3, 0.4) is 0 Å². The molecule has 0 rings (SSSR count). The minimum atomic E-state index is 0. The minimum Gasteiger partial charge on any atom is -0.335 e. The fraction of sp³-hybridized carbons (Fsp3) is 0.667. The van der Waals surface area contributed by atoms with Crippen LogP contribution in [0.15, 0.2) is 0 Å². The molecule has 0 spiro atoms. The number of hydrogen-bond donors (Lipinski definition) is 0. The Balaban J connectivity index is 0. The summed E-state index contributed by atoms with van der Waals surface area (Å²) in [4.78, 5) is 0. The van der Waals surface area contributed by atoms with E-state index in [1.54, 1.807) is 0 Å². The summed E-state index contributed by atoms with van der Waals surface area (Å²) in [5, 5.41) is 0. The zero-order valence-electron chi connectivity index (χ0n) is 2.91. The first-order chi connectivity index (χ1) is 1.41. The van der Waals surface area contributed by atoms with Gasteiger partial charge in [-0.3, -0.25) is 0 Å². The minimum absolute atomic E-state index is 0. The van der Waals surface area contributed by atoms with E-state index in [2.05, 4.69) is 0 Å². The zero-order chi connectivity index (χ0) is 2.71. The van der Waals surface area contributed by atoms with E-state index >= 15 is 0 Å². The first-order valence-corrected chi connectivity index (χ1v) is 1.15. The van der Waals surface area contributed by atoms with Gasteiger partial charge < -0.3 is 6.42 Å². The topological polar surface area (TPSA) is 0 Å². The van der Waals surface area contributed by atoms with E-state index < -0.39 is 0 Å². The van der Waals surface area contributed by atoms with Crippen LogP contribution in [0.1, 0.15) is 13.8 Å². The zero-order valence-corrected chi connectivity index (χ0v) is 5.05. The Morgan fingerprint density at radius 3 is 1.25 bits per heavy atom. The molecule has 1 radical (unpaired) electrons. The molecule has 0 saturated carbocycles. The maximum atomic E-state index is 2.00. The van der Waals surface area contributed by atoms with Gasteiger partial charge >= 0.3 is 0 Å². The van der Waals surface area contributed by atoms with Gasteiger partial charge in [0.15, 0.2) is 0 Å². The average Bonchev–Trinajstić information content (AvgIpc) is 0.918. The predicted molar refractivity (Wildman–Crippen MR) is 15.6 cm³/mol. The maximum Gasteiger partial charge on any atom is 0 e. The van der Waals surface area contributed by atoms with E-state index in [-0.39, 0.29) is 38.6 Å². The molecule has 29 valence electrons. The third-order valence-electron chi connectivity index (χ3n) is 0. The van der Waals surface area contributed by atoms with Crippen molar-refractivity contribution in [3.63, 3.8) is 0 Å². The van der Waals surface area contributed by atoms with Crippen LogP contribution >= 0.6 is 0 Å². The van der Waals surface area contributed by atoms with Crippen molar-refractivity contribution in [3.05, 3.63) is 6.42 Å². The van der Waals surface area contributed by atoms with Crippen LogP contribution in [0.25, 0.3) is 0 Å². The monoisotopic (exact) mass is 202 g/mol. The number of rotatable bonds is 0. The molecule has 0 aromatic heterocycles. The van der Waals surface area contributed by atoms with Crippen molar-refractivity contribution in [1.82, 2.24) is 0 Å². The van der Waals surface area contributed by atoms with Gasteiger partial charge in [-0.15, -0.1) is 0 Å². The molecule has 0 N–H and O–H groups in total. The summed E-state index contributed by atoms with van der Waals surface area (Å²) in [7, 11) is 0. The van der Waals surface area contributed by atoms with Crippen molar-refractivity contribution in [3.8, 4) is 0 Å². The van der Waals surface area contributed by atoms with Gasteiger partial charge in [0.05, 0.1) is 0 Å². The molecular formula is C3H7Tb-. The standard InChI is InChI=1S/C3H7.Tb/c1-3-2;/h3H,1-2H3;/q-1;. The van der Waals surface area contributed by atoms with Crippen molar-refractivity contribution in [2.75, 3.05) is 0 Å². The van der Waals surface area contributed by atoms with Gasteiger partial charge in [0.2, 0.25) is 0 Å². The molecule has 0 aromatic carbocycles. The molecule has 0 saturated heterocycles. The first kappa shape index (κ1) is 8.99. The molecule has 0 aromatic rings. The Bertz CT molecular complexity index is 3.25. The fourth-order valence-electron chi connectivity index (χ4n) is 0. The van der Waals surface area contributed by atoms with E-state index in [1.165, 1.54) is 0 Å². The van der Waals surface area contributed by atoms with Crippen LogP contribution < -0.4 is 0 Å². The Hall–Kier alpha value is 1.29. The van der Waals surface area contributed by atoms with E-state index in [0.29, 0.717) is 0 Å². The summed E-state index contributed by atoms with van der Waals surface area (Å²) in [5.74, 6) is 0. The van der Waals surface area contributed by atoms with Gasteiger partial charge in [-0.2, -0.15) is 13.8 Å². The Kier molecular flexibility index (Phi) is 19.9. The van der Waals surface area contributed by atoms with Crippen molar-refractivity contribution in [1.29, 1.82) is 0 Å². The SMILES string of the molecule is C[CH-]C.[Tb]. The molecule has 4 heavy (non-hydrogen) atoms. The maximum absolute atomic E-state index is 2.00. The van der Waals surface area contributed by atoms with Crippen LogP contribution in [0.4, 0.5) is 0 Å². The largest absolute Gasteiger partial charge is 0.335 e. The second-order valence-corrected chi connectivity index (χ2v) is 0.577. The van der Waals surface area contributed by atoms with E-state index in [1.807, 2.05) is 20.3 Å². The van der Waals surface area contributed by atoms with E-state index in [4.69, 9.17) is 0 Å². The van der Waals surface area contributed by atoms with Crippen LogP contribution in [0.2, 0.25) is 0 Å². The van der Waals surface area contributed by atoms with Gasteiger partial charge in [-0.1, -0.05) is 0 Å². The first-order valence-electron chi connectivity index (χ1n) is 1.15. The summed E-state index contributed by atoms with van der Waals surface area (Å²) in [6.45, 7) is 4.00. The summed E-state index contributed by atoms with van der Waals surface area (Å²) >= 11 is 0. The molecule has 0 nitrogen and oxygen atoms in total. The summed E-state index contributed by atoms with van der Waals surface area (Å²) in [6.07, 6.45) is 2.00. The molecule has 0 aliphatic heterocycles. The van der Waals surface area contributed by atoms with Crippen LogP contribution in [0.5, 0.6) is 0 Å². The van der Waals surface area contributed by atoms with Crippen molar-refractivity contribution >= 4 is 0 Å². The summed E-state index contributed by atoms with van der Waals surface area (Å²) < 4.78 is 0. The molecule has 0 unspecified atom stereocenters. The predicted octanol–water partition coefficient (Wildman–Crippen LogP) is 1.23. The molecule has 0 heterocycles. The van der Waals surface area contributed by atoms with Crippen molar-refractivity contribution < 1.29 is 38.6 Å². The Morgan fingerprint density at radius 2 is 1.25 bits per heavy atom. The molecule has 1 heteroatoms. The molecule has 0 aliphatic carbocycles. The Morgan fingerprint density at radius 1 is 1.25 bits per heavy atom. The second-order valence-electron chi connectivity index (χ2n) is 0.577. The van der Waals surface area contributed by atoms with Crippen LogP contribution in [-0.2, 0) is 0 Å². The number of hydrogen-bond acceptors (Lipinski definition) is 0. The van der Waals surface area contributed by atoms with Gasteiger partial charge in [-0.05, 0) is 0 Å². The van der Waals surface area contributed by atoms with Crippen LogP contribution in [-0.4, -0.2) is 0 Å². The Labute approximate surface area is 58.4 Å². The fourth-order valence-corrected chi connectivity index (χ4v) is 0. The summed E-state index contributed by atoms with van der Waals surface area (Å²) in [6, 6.07) is 0. The van der Waals surface area contributed by atoms with E-state index in [0.717, 1.165) is 0 Å². The van der Waals surface area contributed by atoms with Crippen LogP contribution in [0, 0.1) is 45.0 Å². The molecule has 0 aliphatic rings. The second kappa shape index (κ2) is 8.86. The van der Waals surface area contributed by atoms with Crippen molar-refractivity contribution in [2.24, 2.45) is 0 Å². The molecule has 0 fully saturated rings. The smallest absolute Gasteiger partial charge is 0 e. The van der Waals surface area contributed by atoms with Gasteiger partial charge in [0.1, 0.15) is 0 Å². The van der Waals surface area contributed by atoms with Gasteiger partial charge in [0.25, 0.3) is 0 Å². The molecule has 0 amide bonds. The van der Waals surface area contributed by atoms with Gasteiger partial charge in [-0.25, -0.2) is 0 Å². The molecule has 0 bridgehead atoms. The van der Waals surface area contributed by atoms with Crippen molar-refractivity contribution in [2.45, 2.75) is 13.8 Å². The third kappa shape index (κ3) is 10.4. The quantitative estimate of drug-likeness (QED) is 0.518. The normalized spacial score (nSPS) is 4.50. The molecule has 0 atom stereocenters. The molecular weight excluding hydrogens is 195 g/mol. The summed E-state index contributed by atoms with van der Waals surface area (Å²) in [5.41, 5.74) is 0. The third-order valence-corrected chi connectivity index (χ3v) is 0. The van der Waals surface area contributed by atoms with Gasteiger partial charge in [0, 0.05) is 38.6 Å².